The van der Waals surface area contributed by atoms with Crippen LogP contribution in [0.5, 0.6) is 0 Å². The number of carbonyl (C=O) groups excluding carboxylic acids is 4. The molecule has 4 rings (SSSR count). The number of morpholine rings is 1. The van der Waals surface area contributed by atoms with Gasteiger partial charge in [0.05, 0.1) is 19.5 Å². The van der Waals surface area contributed by atoms with E-state index >= 15 is 0 Å². The van der Waals surface area contributed by atoms with E-state index in [0.29, 0.717) is 25.0 Å². The number of hydrogen-bond donors (Lipinski definition) is 0. The molecule has 1 aliphatic heterocycles. The van der Waals surface area contributed by atoms with E-state index in [9.17, 15) is 32.3 Å². The van der Waals surface area contributed by atoms with Crippen molar-refractivity contribution in [2.75, 3.05) is 26.3 Å². The second-order valence-corrected chi connectivity index (χ2v) is 20.5. The highest BCUT2D eigenvalue weighted by Gasteiger charge is 2.38. The largest absolute Gasteiger partial charge is 0.469 e. The molecule has 0 spiro atoms. The van der Waals surface area contributed by atoms with E-state index in [4.69, 9.17) is 9.15 Å². The number of nitrogens with zero attached hydrogens (tertiary/aromatic N) is 3. The molecule has 0 radical (unpaired) electrons. The SMILES string of the molecule is CC(C)(C)C(=O)N1CCOCC1.CC(C)(C)C(=O)c1ccncc1.CC(C)(C)CCC(=O)C(F)(F)F.CC(C)(C)CCC(=O)c1ccncc1.CC(C)(C)Cc1ccco1. The summed E-state index contributed by atoms with van der Waals surface area (Å²) in [6.07, 6.45) is 6.07. The van der Waals surface area contributed by atoms with Gasteiger partial charge < -0.3 is 14.1 Å². The Morgan fingerprint density at radius 3 is 1.43 bits per heavy atom. The van der Waals surface area contributed by atoms with Gasteiger partial charge in [-0.1, -0.05) is 104 Å². The minimum atomic E-state index is -4.66. The highest BCUT2D eigenvalue weighted by molar-refractivity contribution is 5.99. The van der Waals surface area contributed by atoms with Crippen LogP contribution < -0.4 is 0 Å². The van der Waals surface area contributed by atoms with Gasteiger partial charge in [0.15, 0.2) is 11.6 Å². The maximum absolute atomic E-state index is 11.7. The monoisotopic (exact) mass is 846 g/mol. The third-order valence-corrected chi connectivity index (χ3v) is 8.37. The second-order valence-electron chi connectivity index (χ2n) is 20.5. The summed E-state index contributed by atoms with van der Waals surface area (Å²) < 4.78 is 45.4. The van der Waals surface area contributed by atoms with E-state index in [1.54, 1.807) is 76.1 Å². The molecule has 4 heterocycles. The van der Waals surface area contributed by atoms with Crippen LogP contribution in [0.3, 0.4) is 0 Å². The highest BCUT2D eigenvalue weighted by atomic mass is 19.4. The predicted octanol–water partition coefficient (Wildman–Crippen LogP) is 12.1. The lowest BCUT2D eigenvalue weighted by molar-refractivity contribution is -0.171. The third kappa shape index (κ3) is 27.5. The van der Waals surface area contributed by atoms with Crippen molar-refractivity contribution in [3.63, 3.8) is 0 Å². The highest BCUT2D eigenvalue weighted by Crippen LogP contribution is 2.26. The molecule has 1 aliphatic rings. The van der Waals surface area contributed by atoms with Crippen LogP contribution in [0, 0.1) is 27.1 Å². The molecule has 0 atom stereocenters. The van der Waals surface area contributed by atoms with Gasteiger partial charge in [-0.05, 0) is 65.5 Å². The van der Waals surface area contributed by atoms with Crippen molar-refractivity contribution in [3.05, 3.63) is 84.3 Å². The Labute approximate surface area is 358 Å². The van der Waals surface area contributed by atoms with E-state index in [0.717, 1.165) is 42.8 Å². The normalized spacial score (nSPS) is 13.4. The number of aromatic nitrogens is 2. The number of rotatable bonds is 7. The van der Waals surface area contributed by atoms with Crippen molar-refractivity contribution in [3.8, 4) is 0 Å². The van der Waals surface area contributed by atoms with E-state index in [-0.39, 0.29) is 45.6 Å². The summed E-state index contributed by atoms with van der Waals surface area (Å²) in [5.74, 6) is 0.0444. The molecule has 0 aliphatic carbocycles. The number of halogens is 3. The lowest BCUT2D eigenvalue weighted by Gasteiger charge is -2.32. The molecule has 9 nitrogen and oxygen atoms in total. The fraction of sp³-hybridized carbons (Fsp3) is 0.625. The van der Waals surface area contributed by atoms with Gasteiger partial charge in [-0.2, -0.15) is 13.2 Å². The Kier molecular flexibility index (Phi) is 23.2. The molecule has 3 aromatic heterocycles. The van der Waals surface area contributed by atoms with Gasteiger partial charge in [0.2, 0.25) is 11.7 Å². The first-order valence-electron chi connectivity index (χ1n) is 20.6. The fourth-order valence-corrected chi connectivity index (χ4v) is 4.91. The van der Waals surface area contributed by atoms with Gasteiger partial charge in [0.1, 0.15) is 5.76 Å². The minimum absolute atomic E-state index is 0.157. The van der Waals surface area contributed by atoms with Crippen molar-refractivity contribution < 1.29 is 41.5 Å². The Hall–Kier alpha value is -4.19. The summed E-state index contributed by atoms with van der Waals surface area (Å²) in [6, 6.07) is 11.0. The van der Waals surface area contributed by atoms with Crippen LogP contribution >= 0.6 is 0 Å². The molecule has 0 saturated carbocycles. The summed E-state index contributed by atoms with van der Waals surface area (Å²) in [4.78, 5) is 55.0. The molecular weight excluding hydrogens is 772 g/mol. The Morgan fingerprint density at radius 2 is 1.07 bits per heavy atom. The lowest BCUT2D eigenvalue weighted by Crippen LogP contribution is -2.45. The van der Waals surface area contributed by atoms with Gasteiger partial charge in [-0.15, -0.1) is 0 Å². The molecule has 0 bridgehead atoms. The second kappa shape index (κ2) is 24.9. The van der Waals surface area contributed by atoms with Crippen LogP contribution in [0.1, 0.15) is 156 Å². The minimum Gasteiger partial charge on any atom is -0.469 e. The predicted molar refractivity (Wildman–Crippen MR) is 234 cm³/mol. The zero-order valence-electron chi connectivity index (χ0n) is 39.1. The van der Waals surface area contributed by atoms with E-state index < -0.39 is 18.4 Å². The zero-order chi connectivity index (χ0) is 46.6. The third-order valence-electron chi connectivity index (χ3n) is 8.37. The van der Waals surface area contributed by atoms with E-state index in [1.807, 2.05) is 58.6 Å². The van der Waals surface area contributed by atoms with Crippen molar-refractivity contribution in [2.45, 2.75) is 142 Å². The van der Waals surface area contributed by atoms with E-state index in [2.05, 4.69) is 51.5 Å². The topological polar surface area (TPSA) is 120 Å². The maximum atomic E-state index is 11.7. The number of hydrogen-bond acceptors (Lipinski definition) is 8. The van der Waals surface area contributed by atoms with Crippen LogP contribution in [0.4, 0.5) is 13.2 Å². The van der Waals surface area contributed by atoms with Crippen LogP contribution in [0.15, 0.2) is 71.9 Å². The lowest BCUT2D eigenvalue weighted by atomic mass is 9.87. The fourth-order valence-electron chi connectivity index (χ4n) is 4.91. The summed E-state index contributed by atoms with van der Waals surface area (Å²) in [5.41, 5.74) is 1.28. The van der Waals surface area contributed by atoms with E-state index in [1.165, 1.54) is 0 Å². The average Bonchev–Trinajstić information content (AvgIpc) is 3.64. The maximum Gasteiger partial charge on any atom is 0.449 e. The molecule has 1 saturated heterocycles. The summed E-state index contributed by atoms with van der Waals surface area (Å²) in [5, 5.41) is 0. The number of pyridine rings is 2. The average molecular weight is 846 g/mol. The molecule has 3 aromatic rings. The van der Waals surface area contributed by atoms with Crippen molar-refractivity contribution >= 4 is 23.3 Å². The molecule has 1 amide bonds. The number of alkyl halides is 3. The number of ether oxygens (including phenoxy) is 1. The summed E-state index contributed by atoms with van der Waals surface area (Å²) in [6.45, 7) is 32.9. The van der Waals surface area contributed by atoms with Crippen LogP contribution in [-0.4, -0.2) is 70.6 Å². The number of amides is 1. The quantitative estimate of drug-likeness (QED) is 0.216. The van der Waals surface area contributed by atoms with Gasteiger partial charge >= 0.3 is 6.18 Å². The zero-order valence-corrected chi connectivity index (χ0v) is 39.1. The van der Waals surface area contributed by atoms with Gasteiger partial charge in [0, 0.05) is 79.1 Å². The molecule has 0 aromatic carbocycles. The number of ketones is 3. The first-order valence-corrected chi connectivity index (χ1v) is 20.6. The van der Waals surface area contributed by atoms with Gasteiger partial charge in [-0.3, -0.25) is 29.1 Å². The van der Waals surface area contributed by atoms with Crippen molar-refractivity contribution in [2.24, 2.45) is 27.1 Å². The molecular formula is C48H74F3N3O6. The number of Topliss-reactive ketones (excluding diaryl/α,β-unsaturated/α-hetero) is 3. The standard InChI is InChI=1S/C12H17NO.C10H13NO.C9H17NO2.C9H14O.C8H13F3O/c1-12(2,3)7-4-11(14)10-5-8-13-9-6-10;1-10(2,3)9(12)8-4-6-11-7-5-8;1-9(2,3)8(11)10-4-6-12-7-5-10;1-9(2,3)7-8-5-4-6-10-8;1-7(2,3)5-4-6(12)8(9,10)11/h5-6,8-9H,4,7H2,1-3H3;4-7H,1-3H3;4-7H2,1-3H3;4-6H,7H2,1-3H3;4-5H2,1-3H3. The first kappa shape index (κ1) is 55.8. The van der Waals surface area contributed by atoms with Crippen molar-refractivity contribution in [1.29, 1.82) is 0 Å². The summed E-state index contributed by atoms with van der Waals surface area (Å²) >= 11 is 0. The molecule has 1 fully saturated rings. The van der Waals surface area contributed by atoms with Crippen LogP contribution in [0.2, 0.25) is 0 Å². The molecule has 12 heteroatoms. The number of carbonyl (C=O) groups is 4. The number of furan rings is 1. The smallest absolute Gasteiger partial charge is 0.449 e. The Morgan fingerprint density at radius 1 is 0.617 bits per heavy atom. The molecule has 0 unspecified atom stereocenters. The van der Waals surface area contributed by atoms with Gasteiger partial charge in [-0.25, -0.2) is 0 Å². The molecule has 338 valence electrons. The molecule has 0 N–H and O–H groups in total. The Balaban J connectivity index is 0.000000728. The summed E-state index contributed by atoms with van der Waals surface area (Å²) in [7, 11) is 0. The first-order chi connectivity index (χ1) is 27.2. The van der Waals surface area contributed by atoms with Gasteiger partial charge in [0.25, 0.3) is 0 Å². The van der Waals surface area contributed by atoms with Crippen LogP contribution in [-0.2, 0) is 20.7 Å². The van der Waals surface area contributed by atoms with Crippen molar-refractivity contribution in [1.82, 2.24) is 14.9 Å². The molecule has 60 heavy (non-hydrogen) atoms. The Bertz CT molecular complexity index is 1670. The van der Waals surface area contributed by atoms with Crippen LogP contribution in [0.25, 0.3) is 0 Å².